The van der Waals surface area contributed by atoms with Crippen molar-refractivity contribution in [2.75, 3.05) is 13.3 Å². The molecule has 0 saturated carbocycles. The van der Waals surface area contributed by atoms with E-state index in [0.29, 0.717) is 13.0 Å². The molecule has 33 heavy (non-hydrogen) atoms. The second-order valence-corrected chi connectivity index (χ2v) is 8.34. The van der Waals surface area contributed by atoms with Crippen LogP contribution in [0.1, 0.15) is 36.0 Å². The third-order valence-electron chi connectivity index (χ3n) is 6.30. The van der Waals surface area contributed by atoms with E-state index in [2.05, 4.69) is 59.4 Å². The second-order valence-electron chi connectivity index (χ2n) is 8.34. The third-order valence-corrected chi connectivity index (χ3v) is 6.30. The molecule has 0 saturated heterocycles. The molecule has 1 aliphatic heterocycles. The van der Waals surface area contributed by atoms with Gasteiger partial charge in [-0.15, -0.1) is 0 Å². The van der Waals surface area contributed by atoms with E-state index in [0.717, 1.165) is 35.6 Å². The summed E-state index contributed by atoms with van der Waals surface area (Å²) >= 11 is 0. The van der Waals surface area contributed by atoms with Gasteiger partial charge >= 0.3 is 0 Å². The zero-order valence-corrected chi connectivity index (χ0v) is 18.8. The van der Waals surface area contributed by atoms with Gasteiger partial charge in [0, 0.05) is 42.5 Å². The summed E-state index contributed by atoms with van der Waals surface area (Å²) in [6, 6.07) is 24.6. The molecule has 5 rings (SSSR count). The highest BCUT2D eigenvalue weighted by molar-refractivity contribution is 5.86. The number of benzene rings is 3. The van der Waals surface area contributed by atoms with Crippen LogP contribution in [0.2, 0.25) is 0 Å². The Bertz CT molecular complexity index is 1260. The number of para-hydroxylation sites is 1. The van der Waals surface area contributed by atoms with Crippen LogP contribution in [0.3, 0.4) is 0 Å². The molecule has 0 fully saturated rings. The molecule has 3 aromatic carbocycles. The van der Waals surface area contributed by atoms with Crippen molar-refractivity contribution in [3.63, 3.8) is 0 Å². The number of carbonyl (C=O) groups is 1. The van der Waals surface area contributed by atoms with Gasteiger partial charge < -0.3 is 19.4 Å². The average molecular weight is 441 g/mol. The monoisotopic (exact) mass is 440 g/mol. The fraction of sp³-hybridized carbons (Fsp3) is 0.250. The first-order valence-corrected chi connectivity index (χ1v) is 11.5. The smallest absolute Gasteiger partial charge is 0.231 e. The van der Waals surface area contributed by atoms with Crippen LogP contribution < -0.4 is 14.8 Å². The number of amides is 1. The molecule has 4 aromatic rings. The van der Waals surface area contributed by atoms with Crippen LogP contribution >= 0.6 is 0 Å². The van der Waals surface area contributed by atoms with Crippen LogP contribution in [-0.2, 0) is 17.8 Å². The Labute approximate surface area is 193 Å². The first-order chi connectivity index (χ1) is 16.2. The van der Waals surface area contributed by atoms with Gasteiger partial charge in [-0.3, -0.25) is 4.79 Å². The number of aromatic nitrogens is 1. The number of rotatable bonds is 8. The summed E-state index contributed by atoms with van der Waals surface area (Å²) in [4.78, 5) is 13.1. The van der Waals surface area contributed by atoms with Crippen LogP contribution in [0.25, 0.3) is 10.9 Å². The third kappa shape index (κ3) is 4.44. The number of hydrogen-bond donors (Lipinski definition) is 1. The van der Waals surface area contributed by atoms with Gasteiger partial charge in [-0.1, -0.05) is 54.6 Å². The van der Waals surface area contributed by atoms with E-state index in [1.807, 2.05) is 36.4 Å². The van der Waals surface area contributed by atoms with Crippen molar-refractivity contribution >= 4 is 16.8 Å². The van der Waals surface area contributed by atoms with Gasteiger partial charge in [-0.05, 0) is 48.2 Å². The van der Waals surface area contributed by atoms with E-state index in [1.54, 1.807) is 0 Å². The summed E-state index contributed by atoms with van der Waals surface area (Å²) in [5.41, 5.74) is 4.61. The molecule has 0 spiro atoms. The summed E-state index contributed by atoms with van der Waals surface area (Å²) < 4.78 is 13.4. The maximum Gasteiger partial charge on any atom is 0.231 e. The number of carbonyl (C=O) groups excluding carboxylic acids is 1. The van der Waals surface area contributed by atoms with E-state index in [1.165, 1.54) is 16.5 Å². The molecule has 0 radical (unpaired) electrons. The molecule has 168 valence electrons. The van der Waals surface area contributed by atoms with Crippen molar-refractivity contribution in [1.29, 1.82) is 0 Å². The first kappa shape index (κ1) is 21.1. The number of ether oxygens (including phenoxy) is 2. The lowest BCUT2D eigenvalue weighted by molar-refractivity contribution is -0.121. The van der Waals surface area contributed by atoms with Crippen molar-refractivity contribution in [1.82, 2.24) is 9.88 Å². The highest BCUT2D eigenvalue weighted by Gasteiger charge is 2.25. The van der Waals surface area contributed by atoms with Crippen molar-refractivity contribution < 1.29 is 14.3 Å². The fourth-order valence-electron chi connectivity index (χ4n) is 4.60. The number of aryl methyl sites for hydroxylation is 1. The van der Waals surface area contributed by atoms with Crippen LogP contribution in [-0.4, -0.2) is 23.8 Å². The summed E-state index contributed by atoms with van der Waals surface area (Å²) in [5, 5.41) is 4.30. The molecule has 0 bridgehead atoms. The number of fused-ring (bicyclic) bond motifs is 2. The standard InChI is InChI=1S/C28H28N2O3/c1-2-30-18-24(22-10-6-7-11-25(22)30)23(21-12-13-26-27(16-21)33-19-32-26)17-28(31)29-15-14-20-8-4-3-5-9-20/h3-13,16,18,23H,2,14-15,17,19H2,1H3,(H,29,31). The first-order valence-electron chi connectivity index (χ1n) is 11.5. The lowest BCUT2D eigenvalue weighted by Crippen LogP contribution is -2.27. The van der Waals surface area contributed by atoms with Crippen molar-refractivity contribution in [3.8, 4) is 11.5 Å². The largest absolute Gasteiger partial charge is 0.454 e. The zero-order chi connectivity index (χ0) is 22.6. The summed E-state index contributed by atoms with van der Waals surface area (Å²) in [6.45, 7) is 3.87. The predicted molar refractivity (Wildman–Crippen MR) is 130 cm³/mol. The molecular weight excluding hydrogens is 412 g/mol. The topological polar surface area (TPSA) is 52.5 Å². The van der Waals surface area contributed by atoms with Crippen LogP contribution in [0, 0.1) is 0 Å². The zero-order valence-electron chi connectivity index (χ0n) is 18.8. The molecule has 1 N–H and O–H groups in total. The van der Waals surface area contributed by atoms with E-state index in [-0.39, 0.29) is 18.6 Å². The van der Waals surface area contributed by atoms with Gasteiger partial charge in [0.25, 0.3) is 0 Å². The minimum absolute atomic E-state index is 0.0435. The maximum atomic E-state index is 13.1. The molecule has 2 heterocycles. The number of nitrogens with zero attached hydrogens (tertiary/aromatic N) is 1. The normalized spacial score (nSPS) is 13.2. The molecule has 1 atom stereocenters. The molecule has 1 aliphatic rings. The Morgan fingerprint density at radius 2 is 1.79 bits per heavy atom. The van der Waals surface area contributed by atoms with Crippen LogP contribution in [0.5, 0.6) is 11.5 Å². The Kier molecular flexibility index (Phi) is 6.03. The van der Waals surface area contributed by atoms with Gasteiger partial charge in [0.2, 0.25) is 12.7 Å². The summed E-state index contributed by atoms with van der Waals surface area (Å²) in [6.07, 6.45) is 3.37. The molecule has 1 aromatic heterocycles. The number of hydrogen-bond acceptors (Lipinski definition) is 3. The molecule has 5 nitrogen and oxygen atoms in total. The van der Waals surface area contributed by atoms with E-state index in [9.17, 15) is 4.79 Å². The Morgan fingerprint density at radius 3 is 2.64 bits per heavy atom. The molecule has 1 unspecified atom stereocenters. The quantitative estimate of drug-likeness (QED) is 0.406. The average Bonchev–Trinajstić information content (AvgIpc) is 3.47. The highest BCUT2D eigenvalue weighted by atomic mass is 16.7. The Hall–Kier alpha value is -3.73. The van der Waals surface area contributed by atoms with Gasteiger partial charge in [-0.25, -0.2) is 0 Å². The maximum absolute atomic E-state index is 13.1. The fourth-order valence-corrected chi connectivity index (χ4v) is 4.60. The van der Waals surface area contributed by atoms with E-state index < -0.39 is 0 Å². The van der Waals surface area contributed by atoms with Gasteiger partial charge in [0.05, 0.1) is 0 Å². The van der Waals surface area contributed by atoms with Crippen molar-refractivity contribution in [2.45, 2.75) is 32.2 Å². The van der Waals surface area contributed by atoms with Crippen LogP contribution in [0.4, 0.5) is 0 Å². The highest BCUT2D eigenvalue weighted by Crippen LogP contribution is 2.40. The SMILES string of the molecule is CCn1cc(C(CC(=O)NCCc2ccccc2)c2ccc3c(c2)OCO3)c2ccccc21. The lowest BCUT2D eigenvalue weighted by Gasteiger charge is -2.18. The Balaban J connectivity index is 1.43. The van der Waals surface area contributed by atoms with Gasteiger partial charge in [-0.2, -0.15) is 0 Å². The summed E-state index contributed by atoms with van der Waals surface area (Å²) in [5.74, 6) is 1.44. The minimum atomic E-state index is -0.0890. The molecule has 0 aliphatic carbocycles. The number of nitrogens with one attached hydrogen (secondary N) is 1. The Morgan fingerprint density at radius 1 is 1.00 bits per heavy atom. The lowest BCUT2D eigenvalue weighted by atomic mass is 9.87. The van der Waals surface area contributed by atoms with E-state index in [4.69, 9.17) is 9.47 Å². The van der Waals surface area contributed by atoms with Crippen molar-refractivity contribution in [2.24, 2.45) is 0 Å². The van der Waals surface area contributed by atoms with E-state index >= 15 is 0 Å². The summed E-state index contributed by atoms with van der Waals surface area (Å²) in [7, 11) is 0. The second kappa shape index (κ2) is 9.41. The minimum Gasteiger partial charge on any atom is -0.454 e. The van der Waals surface area contributed by atoms with Crippen molar-refractivity contribution in [3.05, 3.63) is 95.7 Å². The molecular formula is C28H28N2O3. The van der Waals surface area contributed by atoms with Gasteiger partial charge in [0.1, 0.15) is 0 Å². The van der Waals surface area contributed by atoms with Gasteiger partial charge in [0.15, 0.2) is 11.5 Å². The van der Waals surface area contributed by atoms with Crippen LogP contribution in [0.15, 0.2) is 79.0 Å². The molecule has 1 amide bonds. The molecule has 5 heteroatoms. The predicted octanol–water partition coefficient (Wildman–Crippen LogP) is 5.27.